The van der Waals surface area contributed by atoms with E-state index >= 15 is 0 Å². The van der Waals surface area contributed by atoms with Crippen molar-refractivity contribution in [2.45, 2.75) is 29.3 Å². The molecule has 0 radical (unpaired) electrons. The second-order valence-corrected chi connectivity index (χ2v) is 10.1. The highest BCUT2D eigenvalue weighted by atomic mass is 35.5. The number of benzene rings is 2. The average molecular weight is 473 g/mol. The minimum Gasteiger partial charge on any atom is -0.339 e. The molecule has 31 heavy (non-hydrogen) atoms. The molecule has 2 aromatic carbocycles. The molecule has 0 unspecified atom stereocenters. The van der Waals surface area contributed by atoms with E-state index < -0.39 is 32.1 Å². The van der Waals surface area contributed by atoms with Crippen molar-refractivity contribution in [3.63, 3.8) is 0 Å². The molecule has 0 atom stereocenters. The molecule has 166 valence electrons. The zero-order chi connectivity index (χ0) is 22.4. The Bertz CT molecular complexity index is 1090. The lowest BCUT2D eigenvalue weighted by Gasteiger charge is -2.36. The van der Waals surface area contributed by atoms with Gasteiger partial charge >= 0.3 is 6.18 Å². The molecule has 0 aromatic heterocycles. The third-order valence-electron chi connectivity index (χ3n) is 5.89. The summed E-state index contributed by atoms with van der Waals surface area (Å²) in [4.78, 5) is 14.2. The first-order valence-corrected chi connectivity index (χ1v) is 11.6. The van der Waals surface area contributed by atoms with Crippen LogP contribution in [0, 0.1) is 0 Å². The van der Waals surface area contributed by atoms with Crippen molar-refractivity contribution in [2.24, 2.45) is 0 Å². The Hall–Kier alpha value is -2.10. The largest absolute Gasteiger partial charge is 0.416 e. The van der Waals surface area contributed by atoms with Crippen LogP contribution in [-0.4, -0.2) is 49.7 Å². The first-order chi connectivity index (χ1) is 14.6. The van der Waals surface area contributed by atoms with Crippen molar-refractivity contribution in [2.75, 3.05) is 26.2 Å². The van der Waals surface area contributed by atoms with Crippen molar-refractivity contribution in [1.29, 1.82) is 0 Å². The van der Waals surface area contributed by atoms with E-state index in [0.29, 0.717) is 6.07 Å². The lowest BCUT2D eigenvalue weighted by Crippen LogP contribution is -2.52. The topological polar surface area (TPSA) is 57.7 Å². The van der Waals surface area contributed by atoms with E-state index in [1.807, 2.05) is 30.3 Å². The van der Waals surface area contributed by atoms with Gasteiger partial charge in [0.1, 0.15) is 4.90 Å². The lowest BCUT2D eigenvalue weighted by molar-refractivity contribution is -0.138. The zero-order valence-corrected chi connectivity index (χ0v) is 18.0. The number of sulfonamides is 1. The second kappa shape index (κ2) is 7.79. The number of nitrogens with zero attached hydrogens (tertiary/aromatic N) is 2. The van der Waals surface area contributed by atoms with E-state index in [4.69, 9.17) is 11.6 Å². The van der Waals surface area contributed by atoms with Crippen LogP contribution >= 0.6 is 11.6 Å². The maximum atomic E-state index is 13.1. The van der Waals surface area contributed by atoms with Gasteiger partial charge in [-0.05, 0) is 36.6 Å². The van der Waals surface area contributed by atoms with Crippen LogP contribution in [-0.2, 0) is 26.4 Å². The molecule has 0 bridgehead atoms. The highest BCUT2D eigenvalue weighted by molar-refractivity contribution is 7.89. The molecule has 0 spiro atoms. The molecule has 1 heterocycles. The summed E-state index contributed by atoms with van der Waals surface area (Å²) >= 11 is 5.93. The van der Waals surface area contributed by atoms with E-state index in [1.165, 1.54) is 0 Å². The summed E-state index contributed by atoms with van der Waals surface area (Å²) in [5.74, 6) is -0.0344. The molecule has 5 nitrogen and oxygen atoms in total. The number of hydrogen-bond acceptors (Lipinski definition) is 3. The van der Waals surface area contributed by atoms with Gasteiger partial charge in [0, 0.05) is 26.2 Å². The van der Waals surface area contributed by atoms with Gasteiger partial charge in [-0.1, -0.05) is 41.9 Å². The summed E-state index contributed by atoms with van der Waals surface area (Å²) in [6.45, 7) is 0.323. The van der Waals surface area contributed by atoms with Gasteiger partial charge in [0.2, 0.25) is 15.9 Å². The van der Waals surface area contributed by atoms with Crippen molar-refractivity contribution in [3.8, 4) is 0 Å². The Morgan fingerprint density at radius 2 is 1.58 bits per heavy atom. The second-order valence-electron chi connectivity index (χ2n) is 7.79. The van der Waals surface area contributed by atoms with Gasteiger partial charge in [0.15, 0.2) is 0 Å². The highest BCUT2D eigenvalue weighted by Crippen LogP contribution is 2.49. The van der Waals surface area contributed by atoms with Crippen molar-refractivity contribution < 1.29 is 26.4 Å². The Labute approximate surface area is 183 Å². The molecule has 1 saturated heterocycles. The van der Waals surface area contributed by atoms with Crippen LogP contribution in [0.4, 0.5) is 13.2 Å². The third kappa shape index (κ3) is 4.06. The first-order valence-electron chi connectivity index (χ1n) is 9.77. The molecule has 1 amide bonds. The van der Waals surface area contributed by atoms with Crippen LogP contribution in [0.2, 0.25) is 5.02 Å². The van der Waals surface area contributed by atoms with Gasteiger partial charge in [-0.15, -0.1) is 0 Å². The third-order valence-corrected chi connectivity index (χ3v) is 8.27. The molecule has 10 heteroatoms. The maximum absolute atomic E-state index is 13.1. The molecule has 2 aromatic rings. The Morgan fingerprint density at radius 1 is 0.968 bits per heavy atom. The average Bonchev–Trinajstić information content (AvgIpc) is 3.55. The fourth-order valence-electron chi connectivity index (χ4n) is 3.96. The lowest BCUT2D eigenvalue weighted by atomic mass is 9.94. The maximum Gasteiger partial charge on any atom is 0.416 e. The molecule has 1 aliphatic heterocycles. The smallest absolute Gasteiger partial charge is 0.339 e. The molecule has 4 rings (SSSR count). The predicted octanol–water partition coefficient (Wildman–Crippen LogP) is 3.92. The van der Waals surface area contributed by atoms with Crippen LogP contribution in [0.25, 0.3) is 0 Å². The number of carbonyl (C=O) groups is 1. The van der Waals surface area contributed by atoms with Crippen molar-refractivity contribution >= 4 is 27.5 Å². The summed E-state index contributed by atoms with van der Waals surface area (Å²) < 4.78 is 66.1. The number of alkyl halides is 3. The van der Waals surface area contributed by atoms with E-state index in [2.05, 4.69) is 0 Å². The fourth-order valence-corrected chi connectivity index (χ4v) is 5.88. The summed E-state index contributed by atoms with van der Waals surface area (Å²) in [6.07, 6.45) is -3.20. The quantitative estimate of drug-likeness (QED) is 0.677. The summed E-state index contributed by atoms with van der Waals surface area (Å²) in [5, 5.41) is -0.271. The van der Waals surface area contributed by atoms with Crippen LogP contribution in [0.15, 0.2) is 53.4 Å². The number of rotatable bonds is 4. The molecule has 2 fully saturated rings. The minimum atomic E-state index is -4.68. The monoisotopic (exact) mass is 472 g/mol. The van der Waals surface area contributed by atoms with Crippen molar-refractivity contribution in [1.82, 2.24) is 9.21 Å². The van der Waals surface area contributed by atoms with Gasteiger partial charge in [0.05, 0.1) is 16.0 Å². The van der Waals surface area contributed by atoms with Crippen LogP contribution in [0.1, 0.15) is 24.0 Å². The normalized spacial score (nSPS) is 19.3. The summed E-state index contributed by atoms with van der Waals surface area (Å²) in [5.41, 5.74) is -0.680. The van der Waals surface area contributed by atoms with E-state index in [0.717, 1.165) is 34.8 Å². The fraction of sp³-hybridized carbons (Fsp3) is 0.381. The van der Waals surface area contributed by atoms with E-state index in [-0.39, 0.29) is 37.1 Å². The summed E-state index contributed by atoms with van der Waals surface area (Å²) in [7, 11) is -4.23. The van der Waals surface area contributed by atoms with Crippen LogP contribution < -0.4 is 0 Å². The van der Waals surface area contributed by atoms with Crippen LogP contribution in [0.5, 0.6) is 0 Å². The Kier molecular flexibility index (Phi) is 5.56. The molecule has 1 aliphatic carbocycles. The number of piperazine rings is 1. The number of carbonyl (C=O) groups excluding carboxylic acids is 1. The molecular weight excluding hydrogens is 453 g/mol. The number of halogens is 4. The molecule has 0 N–H and O–H groups in total. The van der Waals surface area contributed by atoms with Gasteiger partial charge in [-0.2, -0.15) is 17.5 Å². The van der Waals surface area contributed by atoms with E-state index in [9.17, 15) is 26.4 Å². The van der Waals surface area contributed by atoms with Gasteiger partial charge < -0.3 is 4.90 Å². The SMILES string of the molecule is O=C(N1CCN(S(=O)(=O)c2cc(C(F)(F)F)ccc2Cl)CC1)C1(c2ccccc2)CC1. The zero-order valence-electron chi connectivity index (χ0n) is 16.4. The van der Waals surface area contributed by atoms with Gasteiger partial charge in [-0.3, -0.25) is 4.79 Å². The Morgan fingerprint density at radius 3 is 2.13 bits per heavy atom. The van der Waals surface area contributed by atoms with Crippen molar-refractivity contribution in [3.05, 3.63) is 64.7 Å². The minimum absolute atomic E-state index is 0.00842. The van der Waals surface area contributed by atoms with Gasteiger partial charge in [0.25, 0.3) is 0 Å². The van der Waals surface area contributed by atoms with Crippen LogP contribution in [0.3, 0.4) is 0 Å². The van der Waals surface area contributed by atoms with Gasteiger partial charge in [-0.25, -0.2) is 8.42 Å². The Balaban J connectivity index is 1.50. The molecule has 1 saturated carbocycles. The van der Waals surface area contributed by atoms with E-state index in [1.54, 1.807) is 4.90 Å². The first kappa shape index (κ1) is 22.1. The predicted molar refractivity (Wildman–Crippen MR) is 109 cm³/mol. The number of amides is 1. The highest BCUT2D eigenvalue weighted by Gasteiger charge is 2.53. The standard InChI is InChI=1S/C21H20ClF3N2O3S/c22-17-7-6-16(21(23,24)25)14-18(17)31(29,30)27-12-10-26(11-13-27)19(28)20(8-9-20)15-4-2-1-3-5-15/h1-7,14H,8-13H2. The molecule has 2 aliphatic rings. The summed E-state index contributed by atoms with van der Waals surface area (Å²) in [6, 6.07) is 11.7. The number of hydrogen-bond donors (Lipinski definition) is 0. The molecular formula is C21H20ClF3N2O3S.